The van der Waals surface area contributed by atoms with Crippen LogP contribution in [0.25, 0.3) is 0 Å². The first-order valence-corrected chi connectivity index (χ1v) is 18.6. The van der Waals surface area contributed by atoms with E-state index in [1.807, 2.05) is 0 Å². The zero-order valence-corrected chi connectivity index (χ0v) is 28.5. The van der Waals surface area contributed by atoms with Crippen LogP contribution < -0.4 is 16.0 Å². The van der Waals surface area contributed by atoms with E-state index in [0.717, 1.165) is 95.2 Å². The van der Waals surface area contributed by atoms with Crippen LogP contribution in [0.5, 0.6) is 0 Å². The topological polar surface area (TPSA) is 91.9 Å². The van der Waals surface area contributed by atoms with Gasteiger partial charge in [0.1, 0.15) is 12.1 Å². The Morgan fingerprint density at radius 3 is 2.64 bits per heavy atom. The summed E-state index contributed by atoms with van der Waals surface area (Å²) in [4.78, 5) is 27.7. The van der Waals surface area contributed by atoms with Gasteiger partial charge in [0.2, 0.25) is 11.8 Å². The molecular weight excluding hydrogens is 564 g/mol. The van der Waals surface area contributed by atoms with Gasteiger partial charge < -0.3 is 20.1 Å². The number of amides is 2. The third-order valence-electron chi connectivity index (χ3n) is 14.3. The summed E-state index contributed by atoms with van der Waals surface area (Å²) in [6.45, 7) is 16.2. The van der Waals surface area contributed by atoms with Gasteiger partial charge in [0.05, 0.1) is 19.3 Å². The minimum absolute atomic E-state index is 0.0754. The van der Waals surface area contributed by atoms with Gasteiger partial charge in [-0.05, 0) is 111 Å². The number of ether oxygens (including phenoxy) is 2. The third kappa shape index (κ3) is 5.82. The minimum Gasteiger partial charge on any atom is -0.379 e. The van der Waals surface area contributed by atoms with E-state index < -0.39 is 0 Å². The van der Waals surface area contributed by atoms with E-state index in [1.54, 1.807) is 5.57 Å². The first-order valence-electron chi connectivity index (χ1n) is 18.6. The monoisotopic (exact) mass is 624 g/mol. The van der Waals surface area contributed by atoms with Crippen molar-refractivity contribution in [3.05, 3.63) is 11.6 Å². The lowest BCUT2D eigenvalue weighted by Crippen LogP contribution is -2.57. The lowest BCUT2D eigenvalue weighted by Gasteiger charge is -2.58. The second-order valence-corrected chi connectivity index (χ2v) is 16.8. The maximum Gasteiger partial charge on any atom is 0.229 e. The molecule has 252 valence electrons. The van der Waals surface area contributed by atoms with Crippen LogP contribution in [-0.4, -0.2) is 80.5 Å². The molecule has 0 radical (unpaired) electrons. The largest absolute Gasteiger partial charge is 0.379 e. The zero-order chi connectivity index (χ0) is 31.4. The van der Waals surface area contributed by atoms with E-state index in [1.165, 1.54) is 32.1 Å². The lowest BCUT2D eigenvalue weighted by molar-refractivity contribution is -0.129. The van der Waals surface area contributed by atoms with Crippen LogP contribution in [0.2, 0.25) is 0 Å². The van der Waals surface area contributed by atoms with Crippen LogP contribution in [0, 0.1) is 46.3 Å². The number of fused-ring (bicyclic) bond motifs is 7. The van der Waals surface area contributed by atoms with Gasteiger partial charge in [-0.1, -0.05) is 39.3 Å². The predicted molar refractivity (Wildman–Crippen MR) is 175 cm³/mol. The average molecular weight is 625 g/mol. The second-order valence-electron chi connectivity index (χ2n) is 16.8. The molecule has 7 aliphatic rings. The van der Waals surface area contributed by atoms with Gasteiger partial charge in [0, 0.05) is 38.1 Å². The van der Waals surface area contributed by atoms with E-state index in [2.05, 4.69) is 54.6 Å². The number of piperidine rings is 1. The molecule has 4 aliphatic carbocycles. The van der Waals surface area contributed by atoms with Crippen molar-refractivity contribution in [3.63, 3.8) is 0 Å². The van der Waals surface area contributed by atoms with Gasteiger partial charge in [-0.15, -0.1) is 0 Å². The van der Waals surface area contributed by atoms with E-state index in [4.69, 9.17) is 9.47 Å². The summed E-state index contributed by atoms with van der Waals surface area (Å²) < 4.78 is 12.5. The molecular formula is C37H60N4O4. The van der Waals surface area contributed by atoms with Gasteiger partial charge in [-0.25, -0.2) is 0 Å². The predicted octanol–water partition coefficient (Wildman–Crippen LogP) is 4.64. The highest BCUT2D eigenvalue weighted by Crippen LogP contribution is 2.70. The van der Waals surface area contributed by atoms with Gasteiger partial charge in [0.15, 0.2) is 0 Å². The fourth-order valence-corrected chi connectivity index (χ4v) is 11.8. The molecule has 0 aromatic rings. The Labute approximate surface area is 271 Å². The van der Waals surface area contributed by atoms with Crippen LogP contribution in [0.1, 0.15) is 98.3 Å². The number of nitrogens with zero attached hydrogens (tertiary/aromatic N) is 1. The van der Waals surface area contributed by atoms with Gasteiger partial charge in [0.25, 0.3) is 0 Å². The van der Waals surface area contributed by atoms with Gasteiger partial charge >= 0.3 is 0 Å². The van der Waals surface area contributed by atoms with Gasteiger partial charge in [-0.2, -0.15) is 0 Å². The molecule has 3 N–H and O–H groups in total. The van der Waals surface area contributed by atoms with Crippen molar-refractivity contribution in [3.8, 4) is 0 Å². The Balaban J connectivity index is 0.919. The zero-order valence-electron chi connectivity index (χ0n) is 28.5. The van der Waals surface area contributed by atoms with Crippen LogP contribution in [0.15, 0.2) is 11.6 Å². The Bertz CT molecular complexity index is 1150. The molecule has 6 fully saturated rings. The van der Waals surface area contributed by atoms with Crippen molar-refractivity contribution in [1.29, 1.82) is 0 Å². The molecule has 3 saturated carbocycles. The standard InChI is InChI=1S/C37H60N4O4/c1-24-8-13-37(39-23-24)25(2)34-31(45-37)21-30-28-7-6-26-20-27(9-11-35(26,3)29(28)10-12-36(30,34)4)40-33(43)22-32(42)38-14-5-15-41-16-18-44-19-17-41/h6,24-25,27-31,34,39H,5,7-23H2,1-4H3,(H,38,42)(H,40,43)/t24-,25+,27?,28-,29+,30+,31+,34+,35+,36+,37-/m1/s1. The van der Waals surface area contributed by atoms with Crippen molar-refractivity contribution in [1.82, 2.24) is 20.9 Å². The van der Waals surface area contributed by atoms with Crippen molar-refractivity contribution in [2.45, 2.75) is 116 Å². The maximum absolute atomic E-state index is 12.9. The molecule has 7 rings (SSSR count). The molecule has 3 saturated heterocycles. The Morgan fingerprint density at radius 1 is 1.04 bits per heavy atom. The summed E-state index contributed by atoms with van der Waals surface area (Å²) in [6, 6.07) is 0.137. The minimum atomic E-state index is -0.167. The smallest absolute Gasteiger partial charge is 0.229 e. The molecule has 0 aromatic heterocycles. The molecule has 0 bridgehead atoms. The number of nitrogens with one attached hydrogen (secondary N) is 3. The number of hydrogen-bond donors (Lipinski definition) is 3. The van der Waals surface area contributed by atoms with Crippen LogP contribution >= 0.6 is 0 Å². The number of morpholine rings is 1. The summed E-state index contributed by atoms with van der Waals surface area (Å²) in [5.74, 6) is 3.90. The number of carbonyl (C=O) groups is 2. The summed E-state index contributed by atoms with van der Waals surface area (Å²) in [5, 5.41) is 10.1. The SMILES string of the molecule is C[C@@H]1CC[C@@]2(NC1)O[C@H]1C[C@H]3[C@@H]4CC=C5CC(NC(=O)CC(=O)NCCCN6CCOCC6)CC[C@]5(C)[C@H]4CC[C@]3(C)[C@H]1[C@@H]2C. The fourth-order valence-electron chi connectivity index (χ4n) is 11.8. The quantitative estimate of drug-likeness (QED) is 0.217. The summed E-state index contributed by atoms with van der Waals surface area (Å²) in [7, 11) is 0. The molecule has 45 heavy (non-hydrogen) atoms. The summed E-state index contributed by atoms with van der Waals surface area (Å²) in [5.41, 5.74) is 2.08. The average Bonchev–Trinajstić information content (AvgIpc) is 3.47. The second kappa shape index (κ2) is 12.5. The van der Waals surface area contributed by atoms with Crippen molar-refractivity contribution in [2.24, 2.45) is 46.3 Å². The number of rotatable bonds is 7. The highest BCUT2D eigenvalue weighted by atomic mass is 16.5. The van der Waals surface area contributed by atoms with Crippen LogP contribution in [0.4, 0.5) is 0 Å². The lowest BCUT2D eigenvalue weighted by atomic mass is 9.46. The molecule has 8 nitrogen and oxygen atoms in total. The Kier molecular flexibility index (Phi) is 8.93. The molecule has 3 heterocycles. The van der Waals surface area contributed by atoms with Crippen LogP contribution in [-0.2, 0) is 19.1 Å². The Morgan fingerprint density at radius 2 is 1.87 bits per heavy atom. The first kappa shape index (κ1) is 32.1. The van der Waals surface area contributed by atoms with E-state index in [0.29, 0.717) is 29.9 Å². The molecule has 11 atom stereocenters. The molecule has 8 heteroatoms. The van der Waals surface area contributed by atoms with E-state index in [-0.39, 0.29) is 35.4 Å². The molecule has 2 amide bonds. The Hall–Kier alpha value is -1.48. The fraction of sp³-hybridized carbons (Fsp3) is 0.892. The summed E-state index contributed by atoms with van der Waals surface area (Å²) >= 11 is 0. The third-order valence-corrected chi connectivity index (χ3v) is 14.3. The molecule has 0 aromatic carbocycles. The van der Waals surface area contributed by atoms with E-state index >= 15 is 0 Å². The van der Waals surface area contributed by atoms with E-state index in [9.17, 15) is 9.59 Å². The molecule has 3 aliphatic heterocycles. The number of hydrogen-bond acceptors (Lipinski definition) is 6. The molecule has 1 spiro atoms. The summed E-state index contributed by atoms with van der Waals surface area (Å²) in [6.07, 6.45) is 14.4. The number of carbonyl (C=O) groups excluding carboxylic acids is 2. The molecule has 1 unspecified atom stereocenters. The van der Waals surface area contributed by atoms with Crippen molar-refractivity contribution < 1.29 is 19.1 Å². The normalized spacial score (nSPS) is 46.0. The highest BCUT2D eigenvalue weighted by molar-refractivity contribution is 5.96. The number of allylic oxidation sites excluding steroid dienone is 1. The highest BCUT2D eigenvalue weighted by Gasteiger charge is 2.68. The van der Waals surface area contributed by atoms with Crippen LogP contribution in [0.3, 0.4) is 0 Å². The van der Waals surface area contributed by atoms with Crippen molar-refractivity contribution >= 4 is 11.8 Å². The van der Waals surface area contributed by atoms with Gasteiger partial charge in [-0.3, -0.25) is 19.8 Å². The van der Waals surface area contributed by atoms with Crippen molar-refractivity contribution in [2.75, 3.05) is 45.9 Å². The maximum atomic E-state index is 12.9. The first-order chi connectivity index (χ1) is 21.6.